The molecule has 43 heavy (non-hydrogen) atoms. The summed E-state index contributed by atoms with van der Waals surface area (Å²) < 4.78 is 6.13. The van der Waals surface area contributed by atoms with Crippen molar-refractivity contribution < 1.29 is 29.6 Å². The normalized spacial score (nSPS) is 23.9. The number of para-hydroxylation sites is 1. The Morgan fingerprint density at radius 2 is 1.72 bits per heavy atom. The summed E-state index contributed by atoms with van der Waals surface area (Å²) in [4.78, 5) is 29.2. The molecule has 2 aliphatic carbocycles. The van der Waals surface area contributed by atoms with E-state index < -0.39 is 23.9 Å². The minimum Gasteiger partial charge on any atom is -0.508 e. The van der Waals surface area contributed by atoms with E-state index in [0.29, 0.717) is 30.6 Å². The average Bonchev–Trinajstić information content (AvgIpc) is 3.28. The van der Waals surface area contributed by atoms with Crippen LogP contribution in [-0.4, -0.2) is 57.4 Å². The molecule has 2 fully saturated rings. The molecule has 0 unspecified atom stereocenters. The molecule has 1 aliphatic heterocycles. The summed E-state index contributed by atoms with van der Waals surface area (Å²) in [5.41, 5.74) is 3.63. The quantitative estimate of drug-likeness (QED) is 0.207. The highest BCUT2D eigenvalue weighted by molar-refractivity contribution is 6.06. The molecule has 0 bridgehead atoms. The number of phenols is 1. The number of hydrogen-bond acceptors (Lipinski definition) is 6. The molecule has 0 radical (unpaired) electrons. The predicted molar refractivity (Wildman–Crippen MR) is 166 cm³/mol. The van der Waals surface area contributed by atoms with Crippen molar-refractivity contribution in [1.29, 1.82) is 0 Å². The third-order valence-electron chi connectivity index (χ3n) is 9.44. The van der Waals surface area contributed by atoms with E-state index in [-0.39, 0.29) is 36.8 Å². The first-order chi connectivity index (χ1) is 20.9. The molecule has 3 N–H and O–H groups in total. The average molecular weight is 588 g/mol. The van der Waals surface area contributed by atoms with Crippen molar-refractivity contribution in [1.82, 2.24) is 4.90 Å². The molecule has 2 aromatic rings. The molecule has 0 spiro atoms. The van der Waals surface area contributed by atoms with Gasteiger partial charge in [0.2, 0.25) is 11.8 Å². The number of benzene rings is 2. The van der Waals surface area contributed by atoms with Crippen molar-refractivity contribution in [2.24, 2.45) is 17.8 Å². The first kappa shape index (κ1) is 31.0. The van der Waals surface area contributed by atoms with Gasteiger partial charge in [0, 0.05) is 12.0 Å². The maximum absolute atomic E-state index is 13.9. The number of carbonyl (C=O) groups is 2. The molecular formula is C36H45NO6. The second kappa shape index (κ2) is 14.4. The van der Waals surface area contributed by atoms with Crippen LogP contribution in [-0.2, 0) is 9.59 Å². The van der Waals surface area contributed by atoms with E-state index in [9.17, 15) is 24.9 Å². The van der Waals surface area contributed by atoms with Gasteiger partial charge in [-0.1, -0.05) is 74.6 Å². The third kappa shape index (κ3) is 7.05. The maximum Gasteiger partial charge on any atom is 0.234 e. The van der Waals surface area contributed by atoms with Crippen molar-refractivity contribution in [3.63, 3.8) is 0 Å². The summed E-state index contributed by atoms with van der Waals surface area (Å²) in [6.45, 7) is 1.99. The van der Waals surface area contributed by atoms with E-state index in [0.717, 1.165) is 56.1 Å². The van der Waals surface area contributed by atoms with Gasteiger partial charge in [-0.25, -0.2) is 0 Å². The smallest absolute Gasteiger partial charge is 0.234 e. The van der Waals surface area contributed by atoms with E-state index in [1.54, 1.807) is 12.1 Å². The molecule has 7 nitrogen and oxygen atoms in total. The third-order valence-corrected chi connectivity index (χ3v) is 9.44. The lowest BCUT2D eigenvalue weighted by Gasteiger charge is -2.36. The van der Waals surface area contributed by atoms with E-state index in [1.165, 1.54) is 10.5 Å². The van der Waals surface area contributed by atoms with Crippen LogP contribution in [0.15, 0.2) is 71.3 Å². The molecule has 0 aromatic heterocycles. The van der Waals surface area contributed by atoms with E-state index in [1.807, 2.05) is 42.5 Å². The fourth-order valence-electron chi connectivity index (χ4n) is 7.38. The zero-order valence-corrected chi connectivity index (χ0v) is 25.2. The molecule has 3 aliphatic rings. The van der Waals surface area contributed by atoms with E-state index in [4.69, 9.17) is 4.74 Å². The van der Waals surface area contributed by atoms with Crippen LogP contribution in [0.5, 0.6) is 11.5 Å². The Morgan fingerprint density at radius 3 is 2.40 bits per heavy atom. The number of ether oxygens (including phenoxy) is 1. The highest BCUT2D eigenvalue weighted by Gasteiger charge is 2.56. The summed E-state index contributed by atoms with van der Waals surface area (Å²) in [6.07, 6.45) is 9.26. The zero-order valence-electron chi connectivity index (χ0n) is 25.2. The molecule has 2 amide bonds. The number of allylic oxidation sites excluding steroid dienone is 1. The summed E-state index contributed by atoms with van der Waals surface area (Å²) in [7, 11) is 0. The summed E-state index contributed by atoms with van der Waals surface area (Å²) in [6, 6.07) is 16.4. The van der Waals surface area contributed by atoms with Crippen molar-refractivity contribution in [3.8, 4) is 11.5 Å². The number of fused-ring (bicyclic) bond motifs is 1. The van der Waals surface area contributed by atoms with Crippen LogP contribution in [0.3, 0.4) is 0 Å². The number of rotatable bonds is 12. The van der Waals surface area contributed by atoms with Gasteiger partial charge in [-0.15, -0.1) is 0 Å². The van der Waals surface area contributed by atoms with Crippen LogP contribution in [0.1, 0.15) is 76.7 Å². The van der Waals surface area contributed by atoms with Crippen LogP contribution >= 0.6 is 0 Å². The monoisotopic (exact) mass is 587 g/mol. The summed E-state index contributed by atoms with van der Waals surface area (Å²) in [5, 5.41) is 32.2. The number of aliphatic hydroxyl groups excluding tert-OH is 2. The summed E-state index contributed by atoms with van der Waals surface area (Å²) in [5.74, 6) is -1.25. The van der Waals surface area contributed by atoms with Crippen LogP contribution in [0.25, 0.3) is 6.08 Å². The first-order valence-corrected chi connectivity index (χ1v) is 15.9. The molecule has 1 saturated heterocycles. The lowest BCUT2D eigenvalue weighted by Crippen LogP contribution is -2.42. The van der Waals surface area contributed by atoms with Gasteiger partial charge in [-0.2, -0.15) is 0 Å². The number of aromatic hydroxyl groups is 1. The van der Waals surface area contributed by atoms with Crippen molar-refractivity contribution in [3.05, 3.63) is 76.9 Å². The molecule has 5 rings (SSSR count). The number of nitrogens with zero attached hydrogens (tertiary/aromatic N) is 1. The standard InChI is InChI=1S/C36H45NO6/c1-2-9-24(20-25-14-17-28(39)18-15-25)16-19-32(40)33-26(23-43-29-12-7-4-8-13-29)21-30-34(31(33)22-38)36(42)37(35(30)41)27-10-5-3-6-11-27/h4,7-8,12-15,17-18,20,27,30-32,34,38-40H,2-3,5-6,9-11,16,19,21-23H2,1H3/b24-20+/t30-,31+,32-,34-/m1/s1. The van der Waals surface area contributed by atoms with Gasteiger partial charge in [0.25, 0.3) is 0 Å². The predicted octanol–water partition coefficient (Wildman–Crippen LogP) is 6.04. The Morgan fingerprint density at radius 1 is 1.00 bits per heavy atom. The van der Waals surface area contributed by atoms with Gasteiger partial charge in [-0.3, -0.25) is 14.5 Å². The molecule has 2 aromatic carbocycles. The number of likely N-dealkylation sites (tertiary alicyclic amines) is 1. The van der Waals surface area contributed by atoms with Crippen LogP contribution < -0.4 is 4.74 Å². The molecule has 7 heteroatoms. The van der Waals surface area contributed by atoms with Crippen molar-refractivity contribution >= 4 is 17.9 Å². The molecule has 230 valence electrons. The Kier molecular flexibility index (Phi) is 10.4. The van der Waals surface area contributed by atoms with E-state index >= 15 is 0 Å². The molecule has 1 heterocycles. The fourth-order valence-corrected chi connectivity index (χ4v) is 7.38. The second-order valence-electron chi connectivity index (χ2n) is 12.3. The van der Waals surface area contributed by atoms with Gasteiger partial charge >= 0.3 is 0 Å². The SMILES string of the molecule is CCC/C(=C\c1ccc(O)cc1)CC[C@@H](O)C1=C(COc2ccccc2)C[C@H]2C(=O)N(C3CCCCC3)C(=O)[C@H]2[C@H]1CO. The van der Waals surface area contributed by atoms with Gasteiger partial charge in [0.05, 0.1) is 24.5 Å². The fraction of sp³-hybridized carbons (Fsp3) is 0.500. The number of imide groups is 1. The Hall–Kier alpha value is -3.42. The van der Waals surface area contributed by atoms with Gasteiger partial charge in [0.15, 0.2) is 0 Å². The summed E-state index contributed by atoms with van der Waals surface area (Å²) >= 11 is 0. The number of phenolic OH excluding ortho intramolecular Hbond substituents is 1. The number of amides is 2. The zero-order chi connectivity index (χ0) is 30.3. The number of carbonyl (C=O) groups excluding carboxylic acids is 2. The highest BCUT2D eigenvalue weighted by Crippen LogP contribution is 2.47. The minimum absolute atomic E-state index is 0.0716. The van der Waals surface area contributed by atoms with Crippen LogP contribution in [0, 0.1) is 17.8 Å². The van der Waals surface area contributed by atoms with Gasteiger partial charge in [-0.05, 0) is 79.5 Å². The Bertz CT molecular complexity index is 1310. The number of aliphatic hydroxyl groups is 2. The highest BCUT2D eigenvalue weighted by atomic mass is 16.5. The topological polar surface area (TPSA) is 107 Å². The maximum atomic E-state index is 13.9. The van der Waals surface area contributed by atoms with E-state index in [2.05, 4.69) is 13.0 Å². The molecular weight excluding hydrogens is 542 g/mol. The Labute approximate surface area is 254 Å². The lowest BCUT2D eigenvalue weighted by atomic mass is 9.68. The van der Waals surface area contributed by atoms with Gasteiger partial charge < -0.3 is 20.1 Å². The lowest BCUT2D eigenvalue weighted by molar-refractivity contribution is -0.143. The van der Waals surface area contributed by atoms with Crippen molar-refractivity contribution in [2.75, 3.05) is 13.2 Å². The molecule has 4 atom stereocenters. The Balaban J connectivity index is 1.42. The van der Waals surface area contributed by atoms with Crippen molar-refractivity contribution in [2.45, 2.75) is 83.3 Å². The number of hydrogen-bond donors (Lipinski definition) is 3. The first-order valence-electron chi connectivity index (χ1n) is 15.9. The second-order valence-corrected chi connectivity index (χ2v) is 12.3. The minimum atomic E-state index is -0.890. The van der Waals surface area contributed by atoms with Crippen LogP contribution in [0.2, 0.25) is 0 Å². The largest absolute Gasteiger partial charge is 0.508 e. The van der Waals surface area contributed by atoms with Gasteiger partial charge in [0.1, 0.15) is 18.1 Å². The van der Waals surface area contributed by atoms with Crippen LogP contribution in [0.4, 0.5) is 0 Å². The molecule has 1 saturated carbocycles.